The van der Waals surface area contributed by atoms with Gasteiger partial charge in [0.05, 0.1) is 22.3 Å². The molecule has 5 nitrogen and oxygen atoms in total. The van der Waals surface area contributed by atoms with Gasteiger partial charge in [0.25, 0.3) is 0 Å². The van der Waals surface area contributed by atoms with Gasteiger partial charge in [-0.25, -0.2) is 4.68 Å². The van der Waals surface area contributed by atoms with Gasteiger partial charge in [-0.1, -0.05) is 41.0 Å². The van der Waals surface area contributed by atoms with Crippen LogP contribution in [0.5, 0.6) is 0 Å². The number of rotatable bonds is 6. The molecule has 3 aromatic rings. The third-order valence-corrected chi connectivity index (χ3v) is 5.52. The van der Waals surface area contributed by atoms with Gasteiger partial charge >= 0.3 is 0 Å². The van der Waals surface area contributed by atoms with E-state index >= 15 is 0 Å². The Morgan fingerprint density at radius 2 is 2.13 bits per heavy atom. The van der Waals surface area contributed by atoms with Crippen LogP contribution in [0.1, 0.15) is 15.2 Å². The average molecular weight is 385 g/mol. The molecule has 0 N–H and O–H groups in total. The van der Waals surface area contributed by atoms with E-state index in [1.807, 2.05) is 17.5 Å². The molecule has 0 radical (unpaired) electrons. The van der Waals surface area contributed by atoms with Crippen LogP contribution in [0.4, 0.5) is 0 Å². The molecule has 3 rings (SSSR count). The molecule has 1 aromatic carbocycles. The molecule has 23 heavy (non-hydrogen) atoms. The van der Waals surface area contributed by atoms with E-state index in [1.54, 1.807) is 34.2 Å². The monoisotopic (exact) mass is 384 g/mol. The van der Waals surface area contributed by atoms with Crippen LogP contribution in [-0.4, -0.2) is 31.7 Å². The number of ketones is 1. The van der Waals surface area contributed by atoms with Crippen LogP contribution in [0.3, 0.4) is 0 Å². The van der Waals surface area contributed by atoms with Crippen molar-refractivity contribution in [1.82, 2.24) is 20.2 Å². The predicted molar refractivity (Wildman–Crippen MR) is 92.8 cm³/mol. The van der Waals surface area contributed by atoms with Crippen molar-refractivity contribution in [2.75, 3.05) is 5.75 Å². The minimum Gasteiger partial charge on any atom is -0.293 e. The summed E-state index contributed by atoms with van der Waals surface area (Å²) in [6, 6.07) is 8.84. The van der Waals surface area contributed by atoms with Gasteiger partial charge in [0.15, 0.2) is 5.78 Å². The zero-order valence-electron chi connectivity index (χ0n) is 11.6. The topological polar surface area (TPSA) is 60.7 Å². The van der Waals surface area contributed by atoms with Crippen molar-refractivity contribution in [2.45, 2.75) is 11.7 Å². The van der Waals surface area contributed by atoms with Gasteiger partial charge in [0, 0.05) is 10.4 Å². The summed E-state index contributed by atoms with van der Waals surface area (Å²) >= 11 is 14.7. The number of hydrogen-bond acceptors (Lipinski definition) is 6. The molecule has 0 amide bonds. The Hall–Kier alpha value is -1.41. The van der Waals surface area contributed by atoms with Crippen molar-refractivity contribution in [3.05, 3.63) is 56.2 Å². The summed E-state index contributed by atoms with van der Waals surface area (Å²) in [4.78, 5) is 13.4. The molecule has 0 bridgehead atoms. The highest BCUT2D eigenvalue weighted by Crippen LogP contribution is 2.24. The second-order valence-corrected chi connectivity index (χ2v) is 7.33. The highest BCUT2D eigenvalue weighted by molar-refractivity contribution is 7.99. The first kappa shape index (κ1) is 16.4. The summed E-state index contributed by atoms with van der Waals surface area (Å²) in [5.41, 5.74) is 0.518. The van der Waals surface area contributed by atoms with E-state index in [4.69, 9.17) is 23.2 Å². The Bertz CT molecular complexity index is 820. The number of halogens is 2. The number of carbonyl (C=O) groups excluding carboxylic acids is 1. The number of tetrazole rings is 1. The van der Waals surface area contributed by atoms with E-state index in [0.717, 1.165) is 4.88 Å². The Labute approximate surface area is 150 Å². The minimum absolute atomic E-state index is 0.0563. The molecule has 9 heteroatoms. The Balaban J connectivity index is 1.65. The molecule has 118 valence electrons. The molecule has 0 aliphatic carbocycles. The van der Waals surface area contributed by atoms with E-state index in [0.29, 0.717) is 27.3 Å². The summed E-state index contributed by atoms with van der Waals surface area (Å²) in [6.07, 6.45) is 0. The standard InChI is InChI=1S/C14H10Cl2N4OS2/c15-11-4-3-9(6-12(11)16)13(21)8-23-14-17-18-19-20(14)7-10-2-1-5-22-10/h1-6H,7-8H2. The summed E-state index contributed by atoms with van der Waals surface area (Å²) in [5, 5.41) is 15.0. The summed E-state index contributed by atoms with van der Waals surface area (Å²) in [7, 11) is 0. The third kappa shape index (κ3) is 4.11. The van der Waals surface area contributed by atoms with Crippen LogP contribution in [0.25, 0.3) is 0 Å². The second kappa shape index (κ2) is 7.44. The highest BCUT2D eigenvalue weighted by Gasteiger charge is 2.13. The zero-order chi connectivity index (χ0) is 16.2. The fourth-order valence-electron chi connectivity index (χ4n) is 1.83. The quantitative estimate of drug-likeness (QED) is 0.473. The average Bonchev–Trinajstić information content (AvgIpc) is 3.20. The van der Waals surface area contributed by atoms with E-state index in [1.165, 1.54) is 11.8 Å². The lowest BCUT2D eigenvalue weighted by Gasteiger charge is -2.04. The molecule has 0 saturated heterocycles. The lowest BCUT2D eigenvalue weighted by molar-refractivity contribution is 0.102. The van der Waals surface area contributed by atoms with Crippen molar-refractivity contribution in [1.29, 1.82) is 0 Å². The van der Waals surface area contributed by atoms with Crippen LogP contribution in [0.15, 0.2) is 40.9 Å². The molecule has 0 spiro atoms. The third-order valence-electron chi connectivity index (χ3n) is 2.96. The Morgan fingerprint density at radius 1 is 1.26 bits per heavy atom. The van der Waals surface area contributed by atoms with Gasteiger partial charge in [-0.2, -0.15) is 0 Å². The highest BCUT2D eigenvalue weighted by atomic mass is 35.5. The largest absolute Gasteiger partial charge is 0.293 e. The molecule has 2 heterocycles. The summed E-state index contributed by atoms with van der Waals surface area (Å²) in [5.74, 6) is 0.169. The second-order valence-electron chi connectivity index (χ2n) is 4.54. The first-order valence-electron chi connectivity index (χ1n) is 6.53. The fraction of sp³-hybridized carbons (Fsp3) is 0.143. The Kier molecular flexibility index (Phi) is 5.32. The molecule has 0 atom stereocenters. The molecule has 0 aliphatic rings. The van der Waals surface area contributed by atoms with E-state index in [9.17, 15) is 4.79 Å². The first-order chi connectivity index (χ1) is 11.1. The minimum atomic E-state index is -0.0563. The Morgan fingerprint density at radius 3 is 2.87 bits per heavy atom. The van der Waals surface area contributed by atoms with Crippen LogP contribution in [0.2, 0.25) is 10.0 Å². The summed E-state index contributed by atoms with van der Waals surface area (Å²) < 4.78 is 1.68. The van der Waals surface area contributed by atoms with E-state index in [-0.39, 0.29) is 11.5 Å². The number of Topliss-reactive ketones (excluding diaryl/α,β-unsaturated/α-hetero) is 1. The number of aromatic nitrogens is 4. The predicted octanol–water partition coefficient (Wildman–Crippen LogP) is 4.06. The van der Waals surface area contributed by atoms with Crippen LogP contribution in [-0.2, 0) is 6.54 Å². The molecular weight excluding hydrogens is 375 g/mol. The molecule has 2 aromatic heterocycles. The number of thioether (sulfide) groups is 1. The smallest absolute Gasteiger partial charge is 0.210 e. The van der Waals surface area contributed by atoms with Crippen molar-refractivity contribution in [3.63, 3.8) is 0 Å². The molecule has 0 fully saturated rings. The van der Waals surface area contributed by atoms with Crippen LogP contribution in [0, 0.1) is 0 Å². The van der Waals surface area contributed by atoms with Gasteiger partial charge in [-0.15, -0.1) is 16.4 Å². The molecular formula is C14H10Cl2N4OS2. The van der Waals surface area contributed by atoms with Crippen LogP contribution < -0.4 is 0 Å². The van der Waals surface area contributed by atoms with E-state index in [2.05, 4.69) is 15.5 Å². The van der Waals surface area contributed by atoms with Gasteiger partial charge in [-0.3, -0.25) is 4.79 Å². The molecule has 0 aliphatic heterocycles. The fourth-order valence-corrected chi connectivity index (χ4v) is 3.59. The van der Waals surface area contributed by atoms with Gasteiger partial charge in [-0.05, 0) is 40.1 Å². The van der Waals surface area contributed by atoms with Crippen molar-refractivity contribution in [3.8, 4) is 0 Å². The number of thiophene rings is 1. The lowest BCUT2D eigenvalue weighted by Crippen LogP contribution is -2.06. The van der Waals surface area contributed by atoms with Gasteiger partial charge in [0.1, 0.15) is 0 Å². The maximum Gasteiger partial charge on any atom is 0.210 e. The lowest BCUT2D eigenvalue weighted by atomic mass is 10.1. The number of hydrogen-bond donors (Lipinski definition) is 0. The number of nitrogens with zero attached hydrogens (tertiary/aromatic N) is 4. The molecule has 0 unspecified atom stereocenters. The first-order valence-corrected chi connectivity index (χ1v) is 9.15. The van der Waals surface area contributed by atoms with Crippen molar-refractivity contribution in [2.24, 2.45) is 0 Å². The SMILES string of the molecule is O=C(CSc1nnnn1Cc1cccs1)c1ccc(Cl)c(Cl)c1. The normalized spacial score (nSPS) is 10.9. The summed E-state index contributed by atoms with van der Waals surface area (Å²) in [6.45, 7) is 0.591. The number of benzene rings is 1. The molecule has 0 saturated carbocycles. The zero-order valence-corrected chi connectivity index (χ0v) is 14.8. The maximum absolute atomic E-state index is 12.2. The van der Waals surface area contributed by atoms with Gasteiger partial charge < -0.3 is 0 Å². The maximum atomic E-state index is 12.2. The van der Waals surface area contributed by atoms with Crippen LogP contribution >= 0.6 is 46.3 Å². The van der Waals surface area contributed by atoms with Crippen molar-refractivity contribution >= 4 is 52.1 Å². The van der Waals surface area contributed by atoms with Gasteiger partial charge in [0.2, 0.25) is 5.16 Å². The number of carbonyl (C=O) groups is 1. The van der Waals surface area contributed by atoms with Crippen molar-refractivity contribution < 1.29 is 4.79 Å². The van der Waals surface area contributed by atoms with E-state index < -0.39 is 0 Å².